The number of carboxylic acid groups (broad SMARTS) is 1. The average Bonchev–Trinajstić information content (AvgIpc) is 2.30. The zero-order chi connectivity index (χ0) is 11.6. The van der Waals surface area contributed by atoms with E-state index in [0.29, 0.717) is 12.8 Å². The van der Waals surface area contributed by atoms with Gasteiger partial charge in [-0.3, -0.25) is 9.59 Å². The lowest BCUT2D eigenvalue weighted by Gasteiger charge is -2.40. The van der Waals surface area contributed by atoms with Crippen molar-refractivity contribution in [3.63, 3.8) is 0 Å². The van der Waals surface area contributed by atoms with Gasteiger partial charge in [-0.2, -0.15) is 0 Å². The van der Waals surface area contributed by atoms with E-state index >= 15 is 0 Å². The summed E-state index contributed by atoms with van der Waals surface area (Å²) in [5, 5.41) is 9.49. The molecule has 2 saturated carbocycles. The standard InChI is InChI=1S/C13H20O3/c14-11-8-4-5-9-13(11,12(15)16)10-6-2-1-3-7-10/h10H,1-9H2,(H,15,16). The van der Waals surface area contributed by atoms with E-state index in [1.807, 2.05) is 0 Å². The van der Waals surface area contributed by atoms with E-state index in [-0.39, 0.29) is 11.7 Å². The molecule has 2 aliphatic rings. The lowest BCUT2D eigenvalue weighted by molar-refractivity contribution is -0.162. The Kier molecular flexibility index (Phi) is 3.31. The minimum Gasteiger partial charge on any atom is -0.480 e. The van der Waals surface area contributed by atoms with Gasteiger partial charge in [0, 0.05) is 6.42 Å². The zero-order valence-corrected chi connectivity index (χ0v) is 9.71. The van der Waals surface area contributed by atoms with Crippen LogP contribution < -0.4 is 0 Å². The first kappa shape index (κ1) is 11.6. The maximum Gasteiger partial charge on any atom is 0.317 e. The summed E-state index contributed by atoms with van der Waals surface area (Å²) >= 11 is 0. The zero-order valence-electron chi connectivity index (χ0n) is 9.71. The first-order chi connectivity index (χ1) is 7.68. The molecule has 0 heterocycles. The van der Waals surface area contributed by atoms with Crippen molar-refractivity contribution in [2.24, 2.45) is 11.3 Å². The predicted octanol–water partition coefficient (Wildman–Crippen LogP) is 2.78. The third-order valence-electron chi connectivity index (χ3n) is 4.41. The molecule has 3 heteroatoms. The summed E-state index contributed by atoms with van der Waals surface area (Å²) < 4.78 is 0. The van der Waals surface area contributed by atoms with Gasteiger partial charge in [-0.15, -0.1) is 0 Å². The Labute approximate surface area is 96.2 Å². The Hall–Kier alpha value is -0.860. The van der Waals surface area contributed by atoms with Crippen molar-refractivity contribution < 1.29 is 14.7 Å². The molecular weight excluding hydrogens is 204 g/mol. The van der Waals surface area contributed by atoms with Crippen LogP contribution in [0.2, 0.25) is 0 Å². The molecule has 0 bridgehead atoms. The van der Waals surface area contributed by atoms with E-state index in [4.69, 9.17) is 0 Å². The Morgan fingerprint density at radius 2 is 1.81 bits per heavy atom. The summed E-state index contributed by atoms with van der Waals surface area (Å²) in [6.45, 7) is 0. The average molecular weight is 224 g/mol. The second kappa shape index (κ2) is 4.56. The second-order valence-corrected chi connectivity index (χ2v) is 5.24. The minimum atomic E-state index is -1.02. The van der Waals surface area contributed by atoms with Crippen LogP contribution in [0.3, 0.4) is 0 Å². The first-order valence-corrected chi connectivity index (χ1v) is 6.44. The maximum absolute atomic E-state index is 12.1. The van der Waals surface area contributed by atoms with Gasteiger partial charge in [0.1, 0.15) is 11.2 Å². The number of hydrogen-bond acceptors (Lipinski definition) is 2. The predicted molar refractivity (Wildman–Crippen MR) is 60.1 cm³/mol. The Morgan fingerprint density at radius 1 is 1.12 bits per heavy atom. The topological polar surface area (TPSA) is 54.4 Å². The van der Waals surface area contributed by atoms with Gasteiger partial charge in [0.25, 0.3) is 0 Å². The van der Waals surface area contributed by atoms with Gasteiger partial charge in [0.2, 0.25) is 0 Å². The van der Waals surface area contributed by atoms with E-state index < -0.39 is 11.4 Å². The van der Waals surface area contributed by atoms with Gasteiger partial charge in [0.05, 0.1) is 0 Å². The SMILES string of the molecule is O=C(O)C1(C2CCCCC2)CCCCC1=O. The highest BCUT2D eigenvalue weighted by molar-refractivity contribution is 6.03. The van der Waals surface area contributed by atoms with Gasteiger partial charge in [-0.1, -0.05) is 25.7 Å². The Balaban J connectivity index is 2.25. The van der Waals surface area contributed by atoms with E-state index in [0.717, 1.165) is 38.5 Å². The smallest absolute Gasteiger partial charge is 0.317 e. The van der Waals surface area contributed by atoms with Gasteiger partial charge in [-0.05, 0) is 31.6 Å². The van der Waals surface area contributed by atoms with Crippen molar-refractivity contribution in [1.82, 2.24) is 0 Å². The molecule has 2 fully saturated rings. The number of carbonyl (C=O) groups excluding carboxylic acids is 1. The molecule has 1 unspecified atom stereocenters. The van der Waals surface area contributed by atoms with E-state index in [1.54, 1.807) is 0 Å². The molecule has 0 aliphatic heterocycles. The molecule has 0 amide bonds. The van der Waals surface area contributed by atoms with Crippen LogP contribution in [0.25, 0.3) is 0 Å². The fraction of sp³-hybridized carbons (Fsp3) is 0.846. The van der Waals surface area contributed by atoms with Crippen LogP contribution in [-0.4, -0.2) is 16.9 Å². The minimum absolute atomic E-state index is 0.00171. The molecule has 1 atom stereocenters. The molecule has 16 heavy (non-hydrogen) atoms. The normalized spacial score (nSPS) is 32.6. The molecule has 0 aromatic rings. The molecule has 0 spiro atoms. The van der Waals surface area contributed by atoms with Crippen LogP contribution in [0.15, 0.2) is 0 Å². The fourth-order valence-electron chi connectivity index (χ4n) is 3.48. The second-order valence-electron chi connectivity index (χ2n) is 5.24. The van der Waals surface area contributed by atoms with Crippen LogP contribution >= 0.6 is 0 Å². The van der Waals surface area contributed by atoms with Gasteiger partial charge in [-0.25, -0.2) is 0 Å². The molecule has 0 aromatic heterocycles. The molecule has 1 N–H and O–H groups in total. The van der Waals surface area contributed by atoms with Gasteiger partial charge >= 0.3 is 5.97 Å². The molecule has 2 aliphatic carbocycles. The highest BCUT2D eigenvalue weighted by atomic mass is 16.4. The molecule has 0 aromatic carbocycles. The van der Waals surface area contributed by atoms with Gasteiger partial charge in [0.15, 0.2) is 0 Å². The lowest BCUT2D eigenvalue weighted by atomic mass is 9.61. The largest absolute Gasteiger partial charge is 0.480 e. The number of carbonyl (C=O) groups is 2. The maximum atomic E-state index is 12.1. The quantitative estimate of drug-likeness (QED) is 0.734. The summed E-state index contributed by atoms with van der Waals surface area (Å²) in [4.78, 5) is 23.6. The first-order valence-electron chi connectivity index (χ1n) is 6.44. The summed E-state index contributed by atoms with van der Waals surface area (Å²) in [5.41, 5.74) is -1.02. The van der Waals surface area contributed by atoms with Crippen LogP contribution in [0.5, 0.6) is 0 Å². The number of hydrogen-bond donors (Lipinski definition) is 1. The van der Waals surface area contributed by atoms with Crippen LogP contribution in [0, 0.1) is 11.3 Å². The number of rotatable bonds is 2. The van der Waals surface area contributed by atoms with Crippen molar-refractivity contribution in [3.05, 3.63) is 0 Å². The van der Waals surface area contributed by atoms with Crippen molar-refractivity contribution in [2.75, 3.05) is 0 Å². The summed E-state index contributed by atoms with van der Waals surface area (Å²) in [6, 6.07) is 0. The van der Waals surface area contributed by atoms with Gasteiger partial charge < -0.3 is 5.11 Å². The highest BCUT2D eigenvalue weighted by Gasteiger charge is 2.52. The number of aliphatic carboxylic acids is 1. The molecule has 90 valence electrons. The van der Waals surface area contributed by atoms with Crippen LogP contribution in [0.4, 0.5) is 0 Å². The summed E-state index contributed by atoms with van der Waals surface area (Å²) in [7, 11) is 0. The van der Waals surface area contributed by atoms with E-state index in [1.165, 1.54) is 6.42 Å². The lowest BCUT2D eigenvalue weighted by Crippen LogP contribution is -2.48. The van der Waals surface area contributed by atoms with Crippen molar-refractivity contribution in [1.29, 1.82) is 0 Å². The van der Waals surface area contributed by atoms with Crippen molar-refractivity contribution >= 4 is 11.8 Å². The number of carboxylic acids is 1. The summed E-state index contributed by atoms with van der Waals surface area (Å²) in [5.74, 6) is -0.756. The number of ketones is 1. The fourth-order valence-corrected chi connectivity index (χ4v) is 3.48. The van der Waals surface area contributed by atoms with E-state index in [2.05, 4.69) is 0 Å². The molecular formula is C13H20O3. The summed E-state index contributed by atoms with van der Waals surface area (Å²) in [6.07, 6.45) is 8.06. The van der Waals surface area contributed by atoms with Crippen molar-refractivity contribution in [2.45, 2.75) is 57.8 Å². The third kappa shape index (κ3) is 1.76. The van der Waals surface area contributed by atoms with Crippen LogP contribution in [0.1, 0.15) is 57.8 Å². The Bertz CT molecular complexity index is 292. The van der Waals surface area contributed by atoms with Crippen molar-refractivity contribution in [3.8, 4) is 0 Å². The molecule has 2 rings (SSSR count). The number of Topliss-reactive ketones (excluding diaryl/α,β-unsaturated/α-hetero) is 1. The highest BCUT2D eigenvalue weighted by Crippen LogP contribution is 2.46. The van der Waals surface area contributed by atoms with E-state index in [9.17, 15) is 14.7 Å². The molecule has 0 saturated heterocycles. The Morgan fingerprint density at radius 3 is 2.38 bits per heavy atom. The molecule has 3 nitrogen and oxygen atoms in total. The third-order valence-corrected chi connectivity index (χ3v) is 4.41. The van der Waals surface area contributed by atoms with Crippen LogP contribution in [-0.2, 0) is 9.59 Å². The monoisotopic (exact) mass is 224 g/mol. The molecule has 0 radical (unpaired) electrons.